The van der Waals surface area contributed by atoms with Crippen LogP contribution in [0.1, 0.15) is 27.7 Å². The Balaban J connectivity index is 2.39. The molecule has 0 atom stereocenters. The van der Waals surface area contributed by atoms with Gasteiger partial charge in [0.25, 0.3) is 0 Å². The molecule has 0 aromatic carbocycles. The molecule has 0 amide bonds. The van der Waals surface area contributed by atoms with Gasteiger partial charge in [0.15, 0.2) is 6.29 Å². The summed E-state index contributed by atoms with van der Waals surface area (Å²) in [6.45, 7) is 8.96. The van der Waals surface area contributed by atoms with Gasteiger partial charge in [0.1, 0.15) is 5.78 Å². The van der Waals surface area contributed by atoms with Crippen molar-refractivity contribution < 1.29 is 14.3 Å². The molecule has 0 aromatic heterocycles. The standard InChI is InChI=1S/C11H20O3/c1-7(2)10(12)9-5-13-11(8(3)4)14-6-9/h7-9,11H,5-6H2,1-4H3. The zero-order valence-corrected chi connectivity index (χ0v) is 9.45. The van der Waals surface area contributed by atoms with Crippen LogP contribution in [-0.2, 0) is 14.3 Å². The van der Waals surface area contributed by atoms with E-state index in [0.29, 0.717) is 19.1 Å². The molecular weight excluding hydrogens is 180 g/mol. The molecule has 0 bridgehead atoms. The normalized spacial score (nSPS) is 28.4. The third-order valence-electron chi connectivity index (χ3n) is 2.44. The van der Waals surface area contributed by atoms with E-state index in [1.807, 2.05) is 13.8 Å². The summed E-state index contributed by atoms with van der Waals surface area (Å²) in [4.78, 5) is 11.6. The molecule has 1 aliphatic heterocycles. The molecule has 0 unspecified atom stereocenters. The number of hydrogen-bond donors (Lipinski definition) is 0. The van der Waals surface area contributed by atoms with E-state index in [-0.39, 0.29) is 23.9 Å². The van der Waals surface area contributed by atoms with Crippen molar-refractivity contribution in [1.29, 1.82) is 0 Å². The van der Waals surface area contributed by atoms with Crippen LogP contribution in [0.4, 0.5) is 0 Å². The fourth-order valence-corrected chi connectivity index (χ4v) is 1.54. The van der Waals surface area contributed by atoms with Gasteiger partial charge in [-0.1, -0.05) is 27.7 Å². The molecule has 82 valence electrons. The van der Waals surface area contributed by atoms with Crippen LogP contribution >= 0.6 is 0 Å². The van der Waals surface area contributed by atoms with Crippen molar-refractivity contribution in [2.75, 3.05) is 13.2 Å². The molecule has 0 saturated carbocycles. The molecule has 0 spiro atoms. The third kappa shape index (κ3) is 2.79. The molecule has 0 N–H and O–H groups in total. The van der Waals surface area contributed by atoms with Crippen LogP contribution in [0.25, 0.3) is 0 Å². The van der Waals surface area contributed by atoms with Gasteiger partial charge in [-0.3, -0.25) is 4.79 Å². The Labute approximate surface area is 85.8 Å². The van der Waals surface area contributed by atoms with E-state index in [1.54, 1.807) is 0 Å². The Morgan fingerprint density at radius 2 is 1.64 bits per heavy atom. The highest BCUT2D eigenvalue weighted by atomic mass is 16.7. The van der Waals surface area contributed by atoms with Crippen molar-refractivity contribution in [2.45, 2.75) is 34.0 Å². The fraction of sp³-hybridized carbons (Fsp3) is 0.909. The molecule has 1 aliphatic rings. The van der Waals surface area contributed by atoms with Crippen molar-refractivity contribution in [3.05, 3.63) is 0 Å². The van der Waals surface area contributed by atoms with Crippen LogP contribution in [0.2, 0.25) is 0 Å². The Bertz CT molecular complexity index is 191. The van der Waals surface area contributed by atoms with E-state index < -0.39 is 0 Å². The fourth-order valence-electron chi connectivity index (χ4n) is 1.54. The van der Waals surface area contributed by atoms with Gasteiger partial charge in [0, 0.05) is 11.8 Å². The molecule has 1 saturated heterocycles. The predicted octanol–water partition coefficient (Wildman–Crippen LogP) is 1.86. The van der Waals surface area contributed by atoms with Crippen LogP contribution in [0.5, 0.6) is 0 Å². The smallest absolute Gasteiger partial charge is 0.159 e. The SMILES string of the molecule is CC(C)C(=O)C1COC(C(C)C)OC1. The van der Waals surface area contributed by atoms with Crippen LogP contribution in [0, 0.1) is 17.8 Å². The average molecular weight is 200 g/mol. The molecule has 1 rings (SSSR count). The average Bonchev–Trinajstić information content (AvgIpc) is 2.16. The quantitative estimate of drug-likeness (QED) is 0.697. The van der Waals surface area contributed by atoms with E-state index in [0.717, 1.165) is 0 Å². The first kappa shape index (κ1) is 11.7. The second-order valence-electron chi connectivity index (χ2n) is 4.53. The van der Waals surface area contributed by atoms with Gasteiger partial charge in [-0.25, -0.2) is 0 Å². The number of hydrogen-bond acceptors (Lipinski definition) is 3. The number of carbonyl (C=O) groups is 1. The Kier molecular flexibility index (Phi) is 4.08. The molecule has 3 heteroatoms. The predicted molar refractivity (Wildman–Crippen MR) is 53.9 cm³/mol. The third-order valence-corrected chi connectivity index (χ3v) is 2.44. The summed E-state index contributed by atoms with van der Waals surface area (Å²) in [5.41, 5.74) is 0. The summed E-state index contributed by atoms with van der Waals surface area (Å²) in [5.74, 6) is 0.602. The van der Waals surface area contributed by atoms with Crippen molar-refractivity contribution >= 4 is 5.78 Å². The summed E-state index contributed by atoms with van der Waals surface area (Å²) >= 11 is 0. The minimum absolute atomic E-state index is 0.0648. The summed E-state index contributed by atoms with van der Waals surface area (Å²) in [7, 11) is 0. The molecule has 14 heavy (non-hydrogen) atoms. The Morgan fingerprint density at radius 1 is 1.14 bits per heavy atom. The van der Waals surface area contributed by atoms with Crippen LogP contribution < -0.4 is 0 Å². The summed E-state index contributed by atoms with van der Waals surface area (Å²) in [6.07, 6.45) is -0.133. The summed E-state index contributed by atoms with van der Waals surface area (Å²) < 4.78 is 11.0. The zero-order chi connectivity index (χ0) is 10.7. The van der Waals surface area contributed by atoms with Gasteiger partial charge >= 0.3 is 0 Å². The number of ether oxygens (including phenoxy) is 2. The van der Waals surface area contributed by atoms with E-state index >= 15 is 0 Å². The number of ketones is 1. The minimum atomic E-state index is -0.133. The van der Waals surface area contributed by atoms with Gasteiger partial charge in [-0.15, -0.1) is 0 Å². The molecule has 0 aliphatic carbocycles. The Hall–Kier alpha value is -0.410. The highest BCUT2D eigenvalue weighted by Gasteiger charge is 2.29. The topological polar surface area (TPSA) is 35.5 Å². The minimum Gasteiger partial charge on any atom is -0.352 e. The molecular formula is C11H20O3. The highest BCUT2D eigenvalue weighted by molar-refractivity contribution is 5.83. The van der Waals surface area contributed by atoms with Crippen LogP contribution in [-0.4, -0.2) is 25.3 Å². The van der Waals surface area contributed by atoms with Crippen molar-refractivity contribution in [1.82, 2.24) is 0 Å². The first-order valence-electron chi connectivity index (χ1n) is 5.29. The van der Waals surface area contributed by atoms with Crippen LogP contribution in [0.3, 0.4) is 0 Å². The second kappa shape index (κ2) is 4.89. The largest absolute Gasteiger partial charge is 0.352 e. The van der Waals surface area contributed by atoms with E-state index in [2.05, 4.69) is 13.8 Å². The lowest BCUT2D eigenvalue weighted by atomic mass is 9.96. The van der Waals surface area contributed by atoms with Gasteiger partial charge in [-0.05, 0) is 0 Å². The summed E-state index contributed by atoms with van der Waals surface area (Å²) in [6, 6.07) is 0. The lowest BCUT2D eigenvalue weighted by molar-refractivity contribution is -0.218. The second-order valence-corrected chi connectivity index (χ2v) is 4.53. The maximum atomic E-state index is 11.6. The van der Waals surface area contributed by atoms with Crippen LogP contribution in [0.15, 0.2) is 0 Å². The van der Waals surface area contributed by atoms with E-state index in [9.17, 15) is 4.79 Å². The number of Topliss-reactive ketones (excluding diaryl/α,β-unsaturated/α-hetero) is 1. The molecule has 1 fully saturated rings. The monoisotopic (exact) mass is 200 g/mol. The summed E-state index contributed by atoms with van der Waals surface area (Å²) in [5, 5.41) is 0. The van der Waals surface area contributed by atoms with Gasteiger partial charge in [0.05, 0.1) is 19.1 Å². The van der Waals surface area contributed by atoms with E-state index in [1.165, 1.54) is 0 Å². The lowest BCUT2D eigenvalue weighted by Crippen LogP contribution is -2.39. The number of rotatable bonds is 3. The molecule has 3 nitrogen and oxygen atoms in total. The maximum Gasteiger partial charge on any atom is 0.159 e. The van der Waals surface area contributed by atoms with Gasteiger partial charge in [-0.2, -0.15) is 0 Å². The first-order valence-corrected chi connectivity index (χ1v) is 5.29. The lowest BCUT2D eigenvalue weighted by Gasteiger charge is -2.31. The van der Waals surface area contributed by atoms with E-state index in [4.69, 9.17) is 9.47 Å². The molecule has 0 aromatic rings. The molecule has 0 radical (unpaired) electrons. The van der Waals surface area contributed by atoms with Crippen molar-refractivity contribution in [3.8, 4) is 0 Å². The zero-order valence-electron chi connectivity index (χ0n) is 9.45. The van der Waals surface area contributed by atoms with Crippen molar-refractivity contribution in [2.24, 2.45) is 17.8 Å². The van der Waals surface area contributed by atoms with Gasteiger partial charge in [0.2, 0.25) is 0 Å². The molecule has 1 heterocycles. The Morgan fingerprint density at radius 3 is 2.00 bits per heavy atom. The number of carbonyl (C=O) groups excluding carboxylic acids is 1. The highest BCUT2D eigenvalue weighted by Crippen LogP contribution is 2.19. The van der Waals surface area contributed by atoms with Crippen molar-refractivity contribution in [3.63, 3.8) is 0 Å². The van der Waals surface area contributed by atoms with Gasteiger partial charge < -0.3 is 9.47 Å². The maximum absolute atomic E-state index is 11.6. The first-order chi connectivity index (χ1) is 6.52.